The Labute approximate surface area is 136 Å². The van der Waals surface area contributed by atoms with E-state index in [2.05, 4.69) is 5.32 Å². The molecule has 116 valence electrons. The van der Waals surface area contributed by atoms with E-state index in [9.17, 15) is 9.90 Å². The van der Waals surface area contributed by atoms with Crippen LogP contribution in [0.5, 0.6) is 0 Å². The van der Waals surface area contributed by atoms with Gasteiger partial charge >= 0.3 is 0 Å². The lowest BCUT2D eigenvalue weighted by atomic mass is 9.52. The van der Waals surface area contributed by atoms with Gasteiger partial charge < -0.3 is 10.4 Å². The standard InChI is InChI=1S/C17H21BClNO2/c18-12-1-2-13(14(19)5-12)16(21)20-15-10-3-9-4-11(15)8-17(22,6-9)7-10/h1-2,5,9-11,15,22H,3-4,6-8,18H2,(H,20,21)/t9?,10?,11?,15-,17-. The van der Waals surface area contributed by atoms with Gasteiger partial charge in [-0.1, -0.05) is 23.1 Å². The average Bonchev–Trinajstić information content (AvgIpc) is 2.40. The number of nitrogens with one attached hydrogen (secondary N) is 1. The molecule has 0 saturated heterocycles. The molecule has 2 unspecified atom stereocenters. The minimum Gasteiger partial charge on any atom is -0.390 e. The summed E-state index contributed by atoms with van der Waals surface area (Å²) in [7, 11) is 1.96. The predicted molar refractivity (Wildman–Crippen MR) is 89.4 cm³/mol. The van der Waals surface area contributed by atoms with Crippen LogP contribution in [0.1, 0.15) is 42.5 Å². The summed E-state index contributed by atoms with van der Waals surface area (Å²) >= 11 is 6.21. The molecule has 4 aliphatic carbocycles. The van der Waals surface area contributed by atoms with E-state index < -0.39 is 5.60 Å². The SMILES string of the molecule is Bc1ccc(C(=O)N[C@H]2C3CC4CC2C[C@](O)(C4)C3)c(Cl)c1. The topological polar surface area (TPSA) is 49.3 Å². The van der Waals surface area contributed by atoms with Gasteiger partial charge in [0.25, 0.3) is 5.91 Å². The van der Waals surface area contributed by atoms with Crippen LogP contribution in [0.3, 0.4) is 0 Å². The summed E-state index contributed by atoms with van der Waals surface area (Å²) in [6, 6.07) is 5.74. The molecule has 2 atom stereocenters. The Balaban J connectivity index is 1.53. The second-order valence-electron chi connectivity index (χ2n) is 7.68. The Morgan fingerprint density at radius 2 is 1.95 bits per heavy atom. The van der Waals surface area contributed by atoms with Gasteiger partial charge in [-0.3, -0.25) is 4.79 Å². The molecule has 0 radical (unpaired) electrons. The van der Waals surface area contributed by atoms with Crippen molar-refractivity contribution in [3.8, 4) is 0 Å². The summed E-state index contributed by atoms with van der Waals surface area (Å²) in [6.07, 6.45) is 4.93. The van der Waals surface area contributed by atoms with Gasteiger partial charge in [0, 0.05) is 6.04 Å². The highest BCUT2D eigenvalue weighted by molar-refractivity contribution is 6.38. The van der Waals surface area contributed by atoms with Crippen LogP contribution in [-0.4, -0.2) is 30.5 Å². The fraction of sp³-hybridized carbons (Fsp3) is 0.588. The number of hydrogen-bond acceptors (Lipinski definition) is 2. The molecule has 5 heteroatoms. The van der Waals surface area contributed by atoms with Crippen molar-refractivity contribution < 1.29 is 9.90 Å². The molecule has 1 amide bonds. The Hall–Kier alpha value is -0.995. The smallest absolute Gasteiger partial charge is 0.253 e. The van der Waals surface area contributed by atoms with Gasteiger partial charge in [-0.2, -0.15) is 0 Å². The lowest BCUT2D eigenvalue weighted by Crippen LogP contribution is -2.61. The third-order valence-electron chi connectivity index (χ3n) is 5.91. The second kappa shape index (κ2) is 5.00. The maximum atomic E-state index is 12.6. The monoisotopic (exact) mass is 317 g/mol. The van der Waals surface area contributed by atoms with Gasteiger partial charge in [0.05, 0.1) is 16.2 Å². The summed E-state index contributed by atoms with van der Waals surface area (Å²) < 4.78 is 0. The number of aliphatic hydroxyl groups is 1. The predicted octanol–water partition coefficient (Wildman–Crippen LogP) is 1.27. The van der Waals surface area contributed by atoms with Gasteiger partial charge in [0.2, 0.25) is 0 Å². The lowest BCUT2D eigenvalue weighted by molar-refractivity contribution is -0.136. The number of amides is 1. The maximum absolute atomic E-state index is 12.6. The van der Waals surface area contributed by atoms with E-state index in [0.29, 0.717) is 28.3 Å². The minimum atomic E-state index is -0.459. The number of hydrogen-bond donors (Lipinski definition) is 2. The maximum Gasteiger partial charge on any atom is 0.253 e. The van der Waals surface area contributed by atoms with E-state index in [0.717, 1.165) is 37.6 Å². The third-order valence-corrected chi connectivity index (χ3v) is 6.22. The van der Waals surface area contributed by atoms with Gasteiger partial charge in [-0.05, 0) is 62.0 Å². The van der Waals surface area contributed by atoms with E-state index in [1.807, 2.05) is 20.0 Å². The Bertz CT molecular complexity index is 619. The highest BCUT2D eigenvalue weighted by Gasteiger charge is 2.55. The first-order chi connectivity index (χ1) is 10.4. The van der Waals surface area contributed by atoms with E-state index in [4.69, 9.17) is 11.6 Å². The average molecular weight is 318 g/mol. The van der Waals surface area contributed by atoms with Crippen molar-refractivity contribution in [3.05, 3.63) is 28.8 Å². The summed E-state index contributed by atoms with van der Waals surface area (Å²) in [4.78, 5) is 12.6. The number of benzene rings is 1. The van der Waals surface area contributed by atoms with Crippen LogP contribution in [0.25, 0.3) is 0 Å². The molecule has 0 aromatic heterocycles. The van der Waals surface area contributed by atoms with Crippen molar-refractivity contribution in [2.24, 2.45) is 17.8 Å². The molecule has 0 heterocycles. The Morgan fingerprint density at radius 1 is 1.27 bits per heavy atom. The zero-order valence-electron chi connectivity index (χ0n) is 12.8. The zero-order chi connectivity index (χ0) is 15.5. The first kappa shape index (κ1) is 14.6. The lowest BCUT2D eigenvalue weighted by Gasteiger charge is -2.58. The molecule has 4 bridgehead atoms. The molecule has 3 nitrogen and oxygen atoms in total. The Morgan fingerprint density at radius 3 is 2.55 bits per heavy atom. The van der Waals surface area contributed by atoms with E-state index >= 15 is 0 Å². The van der Waals surface area contributed by atoms with Crippen molar-refractivity contribution in [2.45, 2.75) is 43.7 Å². The molecule has 5 rings (SSSR count). The molecule has 0 aliphatic heterocycles. The molecule has 22 heavy (non-hydrogen) atoms. The van der Waals surface area contributed by atoms with Crippen molar-refractivity contribution in [2.75, 3.05) is 0 Å². The zero-order valence-corrected chi connectivity index (χ0v) is 13.6. The molecule has 4 fully saturated rings. The first-order valence-electron chi connectivity index (χ1n) is 8.23. The van der Waals surface area contributed by atoms with Crippen LogP contribution in [0.15, 0.2) is 18.2 Å². The summed E-state index contributed by atoms with van der Waals surface area (Å²) in [6.45, 7) is 0. The summed E-state index contributed by atoms with van der Waals surface area (Å²) in [5.41, 5.74) is 1.15. The molecule has 4 saturated carbocycles. The van der Waals surface area contributed by atoms with Gasteiger partial charge in [-0.15, -0.1) is 0 Å². The summed E-state index contributed by atoms with van der Waals surface area (Å²) in [5, 5.41) is 14.3. The van der Waals surface area contributed by atoms with Gasteiger partial charge in [0.15, 0.2) is 0 Å². The van der Waals surface area contributed by atoms with Crippen LogP contribution in [0, 0.1) is 17.8 Å². The fourth-order valence-electron chi connectivity index (χ4n) is 5.25. The van der Waals surface area contributed by atoms with Crippen molar-refractivity contribution in [1.82, 2.24) is 5.32 Å². The largest absolute Gasteiger partial charge is 0.390 e. The second-order valence-corrected chi connectivity index (χ2v) is 8.08. The highest BCUT2D eigenvalue weighted by Crippen LogP contribution is 2.55. The molecule has 4 aliphatic rings. The molecule has 0 spiro atoms. The Kier molecular flexibility index (Phi) is 3.32. The van der Waals surface area contributed by atoms with Gasteiger partial charge in [0.1, 0.15) is 7.85 Å². The molecule has 2 N–H and O–H groups in total. The number of rotatable bonds is 2. The van der Waals surface area contributed by atoms with Crippen LogP contribution >= 0.6 is 11.6 Å². The van der Waals surface area contributed by atoms with Crippen LogP contribution in [0.2, 0.25) is 5.02 Å². The number of halogens is 1. The van der Waals surface area contributed by atoms with E-state index in [1.165, 1.54) is 0 Å². The van der Waals surface area contributed by atoms with Crippen LogP contribution in [0.4, 0.5) is 0 Å². The minimum absolute atomic E-state index is 0.0746. The van der Waals surface area contributed by atoms with Crippen LogP contribution in [-0.2, 0) is 0 Å². The number of carbonyl (C=O) groups is 1. The normalized spacial score (nSPS) is 39.0. The first-order valence-corrected chi connectivity index (χ1v) is 8.61. The highest BCUT2D eigenvalue weighted by atomic mass is 35.5. The number of carbonyl (C=O) groups excluding carboxylic acids is 1. The van der Waals surface area contributed by atoms with Crippen LogP contribution < -0.4 is 10.8 Å². The van der Waals surface area contributed by atoms with Gasteiger partial charge in [-0.25, -0.2) is 0 Å². The summed E-state index contributed by atoms with van der Waals surface area (Å²) in [5.74, 6) is 1.42. The van der Waals surface area contributed by atoms with E-state index in [-0.39, 0.29) is 11.9 Å². The molecule has 1 aromatic rings. The quantitative estimate of drug-likeness (QED) is 0.807. The molecular formula is C17H21BClNO2. The van der Waals surface area contributed by atoms with Crippen molar-refractivity contribution >= 4 is 30.8 Å². The fourth-order valence-corrected chi connectivity index (χ4v) is 5.57. The van der Waals surface area contributed by atoms with Crippen molar-refractivity contribution in [3.63, 3.8) is 0 Å². The molecular weight excluding hydrogens is 296 g/mol. The van der Waals surface area contributed by atoms with Crippen molar-refractivity contribution in [1.29, 1.82) is 0 Å². The third kappa shape index (κ3) is 2.37. The van der Waals surface area contributed by atoms with E-state index in [1.54, 1.807) is 6.07 Å². The molecule has 1 aromatic carbocycles.